The maximum Gasteiger partial charge on any atom is 0.203 e. The van der Waals surface area contributed by atoms with E-state index in [-0.39, 0.29) is 0 Å². The van der Waals surface area contributed by atoms with Crippen molar-refractivity contribution in [2.24, 2.45) is 0 Å². The molecular formula is C20H24BrN5OS. The highest BCUT2D eigenvalue weighted by Crippen LogP contribution is 2.18. The van der Waals surface area contributed by atoms with Crippen LogP contribution >= 0.6 is 28.1 Å². The van der Waals surface area contributed by atoms with Crippen LogP contribution in [0.5, 0.6) is 0 Å². The summed E-state index contributed by atoms with van der Waals surface area (Å²) in [5.41, 5.74) is 1.06. The summed E-state index contributed by atoms with van der Waals surface area (Å²) in [7, 11) is 2.04. The van der Waals surface area contributed by atoms with Gasteiger partial charge in [0.15, 0.2) is 10.5 Å². The van der Waals surface area contributed by atoms with Crippen LogP contribution in [-0.2, 0) is 19.8 Å². The monoisotopic (exact) mass is 461 g/mol. The quantitative estimate of drug-likeness (QED) is 0.486. The molecule has 28 heavy (non-hydrogen) atoms. The number of hydrogen-bond donors (Lipinski definition) is 0. The van der Waals surface area contributed by atoms with Crippen molar-refractivity contribution in [3.8, 4) is 5.69 Å². The average Bonchev–Trinajstić information content (AvgIpc) is 3.39. The molecule has 8 heteroatoms. The zero-order valence-corrected chi connectivity index (χ0v) is 18.3. The van der Waals surface area contributed by atoms with Crippen molar-refractivity contribution in [2.45, 2.75) is 32.6 Å². The minimum Gasteiger partial charge on any atom is -0.453 e. The largest absolute Gasteiger partial charge is 0.453 e. The number of halogens is 1. The maximum absolute atomic E-state index is 5.81. The third kappa shape index (κ3) is 4.46. The van der Waals surface area contributed by atoms with Crippen LogP contribution in [0.2, 0.25) is 0 Å². The first-order valence-electron chi connectivity index (χ1n) is 9.49. The Hall–Kier alpha value is -1.74. The molecule has 2 aromatic heterocycles. The van der Waals surface area contributed by atoms with E-state index in [2.05, 4.69) is 42.4 Å². The molecule has 0 bridgehead atoms. The summed E-state index contributed by atoms with van der Waals surface area (Å²) in [4.78, 5) is 4.59. The molecule has 0 amide bonds. The predicted molar refractivity (Wildman–Crippen MR) is 115 cm³/mol. The first-order valence-corrected chi connectivity index (χ1v) is 10.7. The van der Waals surface area contributed by atoms with E-state index < -0.39 is 0 Å². The first kappa shape index (κ1) is 19.6. The Kier molecular flexibility index (Phi) is 6.10. The molecule has 1 aliphatic rings. The van der Waals surface area contributed by atoms with E-state index in [0.29, 0.717) is 18.0 Å². The van der Waals surface area contributed by atoms with E-state index >= 15 is 0 Å². The molecule has 1 fully saturated rings. The van der Waals surface area contributed by atoms with Gasteiger partial charge in [-0.1, -0.05) is 18.2 Å². The van der Waals surface area contributed by atoms with E-state index in [9.17, 15) is 0 Å². The second kappa shape index (κ2) is 8.73. The van der Waals surface area contributed by atoms with Crippen LogP contribution in [0.3, 0.4) is 0 Å². The number of furan rings is 1. The minimum atomic E-state index is 0.601. The van der Waals surface area contributed by atoms with Gasteiger partial charge in [-0.3, -0.25) is 14.4 Å². The SMILES string of the molecule is CN(Cc1ccc(Br)o1)Cn1nc(CN2CCCC2)n(-c2ccccc2)c1=S. The van der Waals surface area contributed by atoms with Crippen LogP contribution in [0, 0.1) is 4.77 Å². The highest BCUT2D eigenvalue weighted by Gasteiger charge is 2.19. The summed E-state index contributed by atoms with van der Waals surface area (Å²) in [6.07, 6.45) is 2.52. The van der Waals surface area contributed by atoms with Gasteiger partial charge in [0.05, 0.1) is 19.8 Å². The second-order valence-corrected chi connectivity index (χ2v) is 8.36. The van der Waals surface area contributed by atoms with Crippen LogP contribution in [0.25, 0.3) is 5.69 Å². The van der Waals surface area contributed by atoms with E-state index in [1.54, 1.807) is 0 Å². The third-order valence-corrected chi connectivity index (χ3v) is 5.73. The molecule has 0 atom stereocenters. The van der Waals surface area contributed by atoms with E-state index in [1.807, 2.05) is 42.1 Å². The molecule has 0 N–H and O–H groups in total. The Morgan fingerprint density at radius 3 is 2.57 bits per heavy atom. The number of para-hydroxylation sites is 1. The number of likely N-dealkylation sites (tertiary alicyclic amines) is 1. The van der Waals surface area contributed by atoms with Gasteiger partial charge in [-0.25, -0.2) is 4.68 Å². The van der Waals surface area contributed by atoms with Crippen molar-refractivity contribution < 1.29 is 4.42 Å². The van der Waals surface area contributed by atoms with Crippen LogP contribution in [0.1, 0.15) is 24.4 Å². The highest BCUT2D eigenvalue weighted by atomic mass is 79.9. The summed E-state index contributed by atoms with van der Waals surface area (Å²) in [6.45, 7) is 4.36. The Morgan fingerprint density at radius 1 is 1.14 bits per heavy atom. The fourth-order valence-electron chi connectivity index (χ4n) is 3.61. The van der Waals surface area contributed by atoms with E-state index in [4.69, 9.17) is 21.7 Å². The van der Waals surface area contributed by atoms with Gasteiger partial charge >= 0.3 is 0 Å². The predicted octanol–water partition coefficient (Wildman–Crippen LogP) is 4.44. The lowest BCUT2D eigenvalue weighted by Gasteiger charge is -2.15. The van der Waals surface area contributed by atoms with Crippen LogP contribution in [0.15, 0.2) is 51.6 Å². The lowest BCUT2D eigenvalue weighted by molar-refractivity contribution is 0.223. The molecule has 3 aromatic rings. The van der Waals surface area contributed by atoms with Gasteiger partial charge in [0.25, 0.3) is 0 Å². The van der Waals surface area contributed by atoms with Crippen LogP contribution < -0.4 is 0 Å². The summed E-state index contributed by atoms with van der Waals surface area (Å²) in [6, 6.07) is 14.1. The van der Waals surface area contributed by atoms with Gasteiger partial charge in [-0.05, 0) is 85.4 Å². The molecule has 148 valence electrons. The third-order valence-electron chi connectivity index (χ3n) is 4.91. The lowest BCUT2D eigenvalue weighted by atomic mass is 10.3. The zero-order chi connectivity index (χ0) is 19.5. The van der Waals surface area contributed by atoms with Gasteiger partial charge in [0.1, 0.15) is 5.76 Å². The molecule has 0 radical (unpaired) electrons. The van der Waals surface area contributed by atoms with Gasteiger partial charge in [-0.15, -0.1) is 0 Å². The fourth-order valence-corrected chi connectivity index (χ4v) is 4.26. The Morgan fingerprint density at radius 2 is 1.89 bits per heavy atom. The topological polar surface area (TPSA) is 42.4 Å². The molecule has 6 nitrogen and oxygen atoms in total. The molecule has 3 heterocycles. The maximum atomic E-state index is 5.81. The summed E-state index contributed by atoms with van der Waals surface area (Å²) >= 11 is 9.16. The number of rotatable bonds is 7. The van der Waals surface area contributed by atoms with Gasteiger partial charge < -0.3 is 4.42 Å². The summed E-state index contributed by atoms with van der Waals surface area (Å²) in [5, 5.41) is 4.89. The van der Waals surface area contributed by atoms with Crippen molar-refractivity contribution in [1.82, 2.24) is 24.1 Å². The molecule has 1 aliphatic heterocycles. The number of benzene rings is 1. The Bertz CT molecular complexity index is 974. The lowest BCUT2D eigenvalue weighted by Crippen LogP contribution is -2.23. The van der Waals surface area contributed by atoms with Crippen molar-refractivity contribution in [2.75, 3.05) is 20.1 Å². The van der Waals surface area contributed by atoms with Gasteiger partial charge in [0.2, 0.25) is 4.77 Å². The molecular weight excluding hydrogens is 438 g/mol. The summed E-state index contributed by atoms with van der Waals surface area (Å²) < 4.78 is 11.1. The molecule has 0 unspecified atom stereocenters. The number of nitrogens with zero attached hydrogens (tertiary/aromatic N) is 5. The Labute approximate surface area is 178 Å². The Balaban J connectivity index is 1.60. The summed E-state index contributed by atoms with van der Waals surface area (Å²) in [5.74, 6) is 1.90. The van der Waals surface area contributed by atoms with Gasteiger partial charge in [0, 0.05) is 5.69 Å². The molecule has 1 aromatic carbocycles. The standard InChI is InChI=1S/C20H24BrN5OS/c1-23(13-17-9-10-18(21)27-17)15-25-20(28)26(16-7-3-2-4-8-16)19(22-25)14-24-11-5-6-12-24/h2-4,7-10H,5-6,11-15H2,1H3. The van der Waals surface area contributed by atoms with Crippen molar-refractivity contribution in [1.29, 1.82) is 0 Å². The highest BCUT2D eigenvalue weighted by molar-refractivity contribution is 9.10. The second-order valence-electron chi connectivity index (χ2n) is 7.21. The number of aromatic nitrogens is 3. The van der Waals surface area contributed by atoms with Gasteiger partial charge in [-0.2, -0.15) is 5.10 Å². The molecule has 0 aliphatic carbocycles. The van der Waals surface area contributed by atoms with Crippen molar-refractivity contribution in [3.05, 3.63) is 63.5 Å². The fraction of sp³-hybridized carbons (Fsp3) is 0.400. The van der Waals surface area contributed by atoms with Crippen LogP contribution in [0.4, 0.5) is 0 Å². The number of hydrogen-bond acceptors (Lipinski definition) is 5. The molecule has 0 saturated carbocycles. The van der Waals surface area contributed by atoms with Crippen molar-refractivity contribution >= 4 is 28.1 Å². The normalized spacial score (nSPS) is 15.0. The zero-order valence-electron chi connectivity index (χ0n) is 15.9. The van der Waals surface area contributed by atoms with E-state index in [0.717, 1.165) is 41.6 Å². The molecule has 4 rings (SSSR count). The van der Waals surface area contributed by atoms with Crippen LogP contribution in [-0.4, -0.2) is 44.3 Å². The van der Waals surface area contributed by atoms with E-state index in [1.165, 1.54) is 12.8 Å². The first-order chi connectivity index (χ1) is 13.6. The minimum absolute atomic E-state index is 0.601. The molecule has 1 saturated heterocycles. The average molecular weight is 462 g/mol. The smallest absolute Gasteiger partial charge is 0.203 e. The van der Waals surface area contributed by atoms with Crippen molar-refractivity contribution in [3.63, 3.8) is 0 Å². The molecule has 0 spiro atoms.